The zero-order chi connectivity index (χ0) is 12.3. The first-order valence-corrected chi connectivity index (χ1v) is 6.47. The summed E-state index contributed by atoms with van der Waals surface area (Å²) in [5, 5.41) is 0. The first kappa shape index (κ1) is 12.2. The quantitative estimate of drug-likeness (QED) is 0.632. The molecule has 2 nitrogen and oxygen atoms in total. The Morgan fingerprint density at radius 3 is 2.47 bits per heavy atom. The predicted molar refractivity (Wildman–Crippen MR) is 76.1 cm³/mol. The smallest absolute Gasteiger partial charge is 0.171 e. The Morgan fingerprint density at radius 2 is 1.88 bits per heavy atom. The van der Waals surface area contributed by atoms with Crippen molar-refractivity contribution in [3.8, 4) is 0 Å². The number of Topliss-reactive ketones (excluding diaryl/α,β-unsaturated/α-hetero) is 1. The lowest BCUT2D eigenvalue weighted by atomic mass is 9.96. The molecule has 0 fully saturated rings. The Kier molecular flexibility index (Phi) is 3.89. The first-order chi connectivity index (χ1) is 8.18. The second-order valence-electron chi connectivity index (χ2n) is 3.85. The normalized spacial score (nSPS) is 12.1. The first-order valence-electron chi connectivity index (χ1n) is 5.39. The Morgan fingerprint density at radius 1 is 1.18 bits per heavy atom. The maximum atomic E-state index is 12.2. The van der Waals surface area contributed by atoms with Crippen molar-refractivity contribution in [1.82, 2.24) is 4.98 Å². The van der Waals surface area contributed by atoms with Crippen LogP contribution in [0.2, 0.25) is 0 Å². The molecule has 1 atom stereocenters. The van der Waals surface area contributed by atoms with Crippen LogP contribution >= 0.6 is 22.6 Å². The molecule has 3 heteroatoms. The van der Waals surface area contributed by atoms with Crippen molar-refractivity contribution in [3.05, 3.63) is 63.5 Å². The van der Waals surface area contributed by atoms with Gasteiger partial charge in [0.15, 0.2) is 5.78 Å². The minimum Gasteiger partial charge on any atom is -0.293 e. The summed E-state index contributed by atoms with van der Waals surface area (Å²) in [6, 6.07) is 13.3. The predicted octanol–water partition coefficient (Wildman–Crippen LogP) is 3.67. The van der Waals surface area contributed by atoms with E-state index in [1.54, 1.807) is 6.20 Å². The third-order valence-corrected chi connectivity index (χ3v) is 3.37. The third kappa shape index (κ3) is 2.91. The molecule has 2 rings (SSSR count). The third-order valence-electron chi connectivity index (χ3n) is 2.65. The van der Waals surface area contributed by atoms with E-state index < -0.39 is 0 Å². The molecule has 1 aromatic heterocycles. The van der Waals surface area contributed by atoms with Crippen molar-refractivity contribution in [2.45, 2.75) is 12.8 Å². The van der Waals surface area contributed by atoms with Gasteiger partial charge >= 0.3 is 0 Å². The van der Waals surface area contributed by atoms with Gasteiger partial charge in [0.25, 0.3) is 0 Å². The lowest BCUT2D eigenvalue weighted by Crippen LogP contribution is -2.10. The Bertz CT molecular complexity index is 508. The van der Waals surface area contributed by atoms with E-state index in [0.717, 1.165) is 14.8 Å². The van der Waals surface area contributed by atoms with Gasteiger partial charge in [-0.05, 0) is 53.8 Å². The van der Waals surface area contributed by atoms with Gasteiger partial charge in [0.05, 0.1) is 11.6 Å². The topological polar surface area (TPSA) is 30.0 Å². The fourth-order valence-electron chi connectivity index (χ4n) is 1.63. The highest BCUT2D eigenvalue weighted by Gasteiger charge is 2.17. The number of hydrogen-bond acceptors (Lipinski definition) is 2. The molecule has 86 valence electrons. The van der Waals surface area contributed by atoms with Crippen molar-refractivity contribution >= 4 is 28.4 Å². The maximum absolute atomic E-state index is 12.2. The number of halogens is 1. The number of aromatic nitrogens is 1. The van der Waals surface area contributed by atoms with Gasteiger partial charge < -0.3 is 0 Å². The van der Waals surface area contributed by atoms with Crippen molar-refractivity contribution in [2.24, 2.45) is 0 Å². The second-order valence-corrected chi connectivity index (χ2v) is 5.09. The van der Waals surface area contributed by atoms with Gasteiger partial charge in [0.2, 0.25) is 0 Å². The molecule has 0 saturated carbocycles. The minimum atomic E-state index is -0.198. The summed E-state index contributed by atoms with van der Waals surface area (Å²) in [6.07, 6.45) is 1.72. The van der Waals surface area contributed by atoms with E-state index in [0.29, 0.717) is 0 Å². The van der Waals surface area contributed by atoms with Gasteiger partial charge in [-0.15, -0.1) is 0 Å². The van der Waals surface area contributed by atoms with Gasteiger partial charge in [0.1, 0.15) is 0 Å². The van der Waals surface area contributed by atoms with Crippen LogP contribution in [0.5, 0.6) is 0 Å². The van der Waals surface area contributed by atoms with Crippen LogP contribution < -0.4 is 0 Å². The zero-order valence-electron chi connectivity index (χ0n) is 9.43. The fraction of sp³-hybridized carbons (Fsp3) is 0.143. The van der Waals surface area contributed by atoms with Gasteiger partial charge in [0, 0.05) is 15.3 Å². The van der Waals surface area contributed by atoms with E-state index >= 15 is 0 Å². The van der Waals surface area contributed by atoms with E-state index in [-0.39, 0.29) is 11.7 Å². The summed E-state index contributed by atoms with van der Waals surface area (Å²) in [5.41, 5.74) is 1.56. The Hall–Kier alpha value is -1.23. The SMILES string of the molecule is CC(C(=O)c1ccc(I)cc1)c1ccccn1. The highest BCUT2D eigenvalue weighted by molar-refractivity contribution is 14.1. The van der Waals surface area contributed by atoms with Gasteiger partial charge in [-0.25, -0.2) is 0 Å². The van der Waals surface area contributed by atoms with Gasteiger partial charge in [-0.2, -0.15) is 0 Å². The number of rotatable bonds is 3. The maximum Gasteiger partial charge on any atom is 0.171 e. The molecule has 2 aromatic rings. The van der Waals surface area contributed by atoms with Crippen LogP contribution in [-0.2, 0) is 0 Å². The second kappa shape index (κ2) is 5.40. The van der Waals surface area contributed by atoms with Crippen LogP contribution in [0.15, 0.2) is 48.7 Å². The van der Waals surface area contributed by atoms with E-state index in [4.69, 9.17) is 0 Å². The molecule has 1 heterocycles. The summed E-state index contributed by atoms with van der Waals surface area (Å²) < 4.78 is 1.13. The highest BCUT2D eigenvalue weighted by atomic mass is 127. The van der Waals surface area contributed by atoms with Crippen LogP contribution in [0.4, 0.5) is 0 Å². The summed E-state index contributed by atoms with van der Waals surface area (Å²) >= 11 is 2.23. The average molecular weight is 337 g/mol. The fourth-order valence-corrected chi connectivity index (χ4v) is 1.99. The molecule has 1 unspecified atom stereocenters. The Balaban J connectivity index is 2.23. The van der Waals surface area contributed by atoms with Crippen molar-refractivity contribution in [3.63, 3.8) is 0 Å². The highest BCUT2D eigenvalue weighted by Crippen LogP contribution is 2.19. The van der Waals surface area contributed by atoms with Crippen LogP contribution in [0.1, 0.15) is 28.9 Å². The van der Waals surface area contributed by atoms with Crippen LogP contribution in [0.3, 0.4) is 0 Å². The number of ketones is 1. The number of hydrogen-bond donors (Lipinski definition) is 0. The summed E-state index contributed by atoms with van der Waals surface area (Å²) in [6.45, 7) is 1.89. The van der Waals surface area contributed by atoms with Gasteiger partial charge in [-0.1, -0.05) is 18.2 Å². The number of carbonyl (C=O) groups is 1. The minimum absolute atomic E-state index is 0.111. The average Bonchev–Trinajstić information content (AvgIpc) is 2.39. The van der Waals surface area contributed by atoms with Gasteiger partial charge in [-0.3, -0.25) is 9.78 Å². The van der Waals surface area contributed by atoms with E-state index in [2.05, 4.69) is 27.6 Å². The molecule has 0 spiro atoms. The molecule has 0 aliphatic carbocycles. The molecule has 0 aliphatic rings. The molecular weight excluding hydrogens is 325 g/mol. The van der Waals surface area contributed by atoms with E-state index in [1.807, 2.05) is 49.4 Å². The zero-order valence-corrected chi connectivity index (χ0v) is 11.6. The molecule has 0 N–H and O–H groups in total. The largest absolute Gasteiger partial charge is 0.293 e. The Labute approximate surface area is 114 Å². The van der Waals surface area contributed by atoms with Crippen molar-refractivity contribution in [2.75, 3.05) is 0 Å². The summed E-state index contributed by atoms with van der Waals surface area (Å²) in [5.74, 6) is -0.0867. The lowest BCUT2D eigenvalue weighted by molar-refractivity contribution is 0.0964. The molecule has 0 amide bonds. The standard InChI is InChI=1S/C14H12INO/c1-10(13-4-2-3-9-16-13)14(17)11-5-7-12(15)8-6-11/h2-10H,1H3. The molecule has 0 saturated heterocycles. The molecule has 17 heavy (non-hydrogen) atoms. The van der Waals surface area contributed by atoms with Crippen molar-refractivity contribution in [1.29, 1.82) is 0 Å². The molecule has 0 bridgehead atoms. The summed E-state index contributed by atoms with van der Waals surface area (Å²) in [4.78, 5) is 16.4. The number of nitrogens with zero attached hydrogens (tertiary/aromatic N) is 1. The number of benzene rings is 1. The van der Waals surface area contributed by atoms with Crippen LogP contribution in [0.25, 0.3) is 0 Å². The van der Waals surface area contributed by atoms with Crippen molar-refractivity contribution < 1.29 is 4.79 Å². The monoisotopic (exact) mass is 337 g/mol. The molecular formula is C14H12INO. The number of carbonyl (C=O) groups excluding carboxylic acids is 1. The lowest BCUT2D eigenvalue weighted by Gasteiger charge is -2.09. The molecule has 1 aromatic carbocycles. The molecule has 0 aliphatic heterocycles. The van der Waals surface area contributed by atoms with Crippen LogP contribution in [0, 0.1) is 3.57 Å². The van der Waals surface area contributed by atoms with Crippen LogP contribution in [-0.4, -0.2) is 10.8 Å². The molecule has 0 radical (unpaired) electrons. The van der Waals surface area contributed by atoms with E-state index in [9.17, 15) is 4.79 Å². The number of pyridine rings is 1. The van der Waals surface area contributed by atoms with E-state index in [1.165, 1.54) is 0 Å². The summed E-state index contributed by atoms with van der Waals surface area (Å²) in [7, 11) is 0.